The molecular formula is C28H28N4O3. The predicted molar refractivity (Wildman–Crippen MR) is 138 cm³/mol. The Kier molecular flexibility index (Phi) is 7.06. The number of rotatable bonds is 7. The van der Waals surface area contributed by atoms with Gasteiger partial charge in [-0.15, -0.1) is 0 Å². The Morgan fingerprint density at radius 3 is 2.26 bits per heavy atom. The van der Waals surface area contributed by atoms with Gasteiger partial charge in [-0.3, -0.25) is 19.4 Å². The van der Waals surface area contributed by atoms with E-state index in [1.54, 1.807) is 7.05 Å². The molecule has 0 spiro atoms. The summed E-state index contributed by atoms with van der Waals surface area (Å²) in [7, 11) is 1.68. The van der Waals surface area contributed by atoms with Crippen LogP contribution in [0.25, 0.3) is 0 Å². The fraction of sp³-hybridized carbons (Fsp3) is 0.214. The maximum atomic E-state index is 13.0. The highest BCUT2D eigenvalue weighted by atomic mass is 16.2. The standard InChI is InChI=1S/C28H28N4O3/c1-4-32(19(2)33)18-25(34)31(3)22-16-14-21(15-17-22)29-27(20-10-6-5-7-11-20)26-23-12-8-9-13-24(23)30-28(26)35/h5-17,26H,4,18H2,1-3H3,(H,30,35). The summed E-state index contributed by atoms with van der Waals surface area (Å²) in [6.07, 6.45) is 0. The van der Waals surface area contributed by atoms with E-state index in [1.807, 2.05) is 85.8 Å². The van der Waals surface area contributed by atoms with Gasteiger partial charge in [0.05, 0.1) is 11.4 Å². The largest absolute Gasteiger partial charge is 0.334 e. The molecule has 1 N–H and O–H groups in total. The first-order chi connectivity index (χ1) is 16.9. The molecule has 3 amide bonds. The van der Waals surface area contributed by atoms with Crippen LogP contribution in [0.5, 0.6) is 0 Å². The maximum Gasteiger partial charge on any atom is 0.246 e. The molecule has 35 heavy (non-hydrogen) atoms. The molecule has 3 aromatic rings. The highest BCUT2D eigenvalue weighted by Crippen LogP contribution is 2.36. The topological polar surface area (TPSA) is 82.1 Å². The maximum absolute atomic E-state index is 13.0. The van der Waals surface area contributed by atoms with Crippen molar-refractivity contribution in [1.82, 2.24) is 4.90 Å². The molecule has 0 aromatic heterocycles. The molecule has 0 aliphatic carbocycles. The average molecular weight is 469 g/mol. The minimum Gasteiger partial charge on any atom is -0.334 e. The monoisotopic (exact) mass is 468 g/mol. The van der Waals surface area contributed by atoms with Crippen molar-refractivity contribution >= 4 is 40.5 Å². The molecule has 0 radical (unpaired) electrons. The van der Waals surface area contributed by atoms with Gasteiger partial charge in [0.15, 0.2) is 0 Å². The number of benzene rings is 3. The van der Waals surface area contributed by atoms with Gasteiger partial charge in [0, 0.05) is 31.9 Å². The highest BCUT2D eigenvalue weighted by molar-refractivity contribution is 6.24. The van der Waals surface area contributed by atoms with E-state index >= 15 is 0 Å². The van der Waals surface area contributed by atoms with E-state index in [0.717, 1.165) is 16.8 Å². The van der Waals surface area contributed by atoms with E-state index in [1.165, 1.54) is 16.7 Å². The summed E-state index contributed by atoms with van der Waals surface area (Å²) in [4.78, 5) is 45.2. The summed E-state index contributed by atoms with van der Waals surface area (Å²) in [6.45, 7) is 3.80. The molecule has 0 saturated carbocycles. The second-order valence-electron chi connectivity index (χ2n) is 8.37. The summed E-state index contributed by atoms with van der Waals surface area (Å²) in [5, 5.41) is 2.96. The quantitative estimate of drug-likeness (QED) is 0.523. The molecule has 1 aliphatic heterocycles. The fourth-order valence-corrected chi connectivity index (χ4v) is 4.13. The van der Waals surface area contributed by atoms with Crippen LogP contribution < -0.4 is 10.2 Å². The second-order valence-corrected chi connectivity index (χ2v) is 8.37. The Balaban J connectivity index is 1.64. The van der Waals surface area contributed by atoms with Crippen molar-refractivity contribution in [1.29, 1.82) is 0 Å². The van der Waals surface area contributed by atoms with Crippen LogP contribution in [0.1, 0.15) is 30.9 Å². The van der Waals surface area contributed by atoms with Gasteiger partial charge in [0.1, 0.15) is 12.5 Å². The number of hydrogen-bond acceptors (Lipinski definition) is 4. The van der Waals surface area contributed by atoms with Crippen molar-refractivity contribution in [2.24, 2.45) is 4.99 Å². The first kappa shape index (κ1) is 23.9. The number of hydrogen-bond donors (Lipinski definition) is 1. The van der Waals surface area contributed by atoms with Gasteiger partial charge in [-0.2, -0.15) is 0 Å². The predicted octanol–water partition coefficient (Wildman–Crippen LogP) is 4.37. The molecule has 1 aliphatic rings. The van der Waals surface area contributed by atoms with Crippen molar-refractivity contribution in [2.45, 2.75) is 19.8 Å². The summed E-state index contributed by atoms with van der Waals surface area (Å²) < 4.78 is 0. The summed E-state index contributed by atoms with van der Waals surface area (Å²) in [5.41, 5.74) is 4.58. The lowest BCUT2D eigenvalue weighted by Crippen LogP contribution is -2.40. The van der Waals surface area contributed by atoms with Crippen LogP contribution >= 0.6 is 0 Å². The number of anilines is 2. The van der Waals surface area contributed by atoms with E-state index in [0.29, 0.717) is 23.6 Å². The van der Waals surface area contributed by atoms with Crippen molar-refractivity contribution in [2.75, 3.05) is 30.4 Å². The molecule has 0 bridgehead atoms. The van der Waals surface area contributed by atoms with Gasteiger partial charge in [-0.05, 0) is 48.4 Å². The van der Waals surface area contributed by atoms with Gasteiger partial charge in [0.2, 0.25) is 17.7 Å². The SMILES string of the molecule is CCN(CC(=O)N(C)c1ccc(N=C(c2ccccc2)C2C(=O)Nc3ccccc32)cc1)C(C)=O. The molecule has 3 aromatic carbocycles. The number of carbonyl (C=O) groups excluding carboxylic acids is 3. The normalized spacial score (nSPS) is 14.8. The minimum absolute atomic E-state index is 0.0244. The third kappa shape index (κ3) is 5.14. The highest BCUT2D eigenvalue weighted by Gasteiger charge is 2.35. The minimum atomic E-state index is -0.524. The van der Waals surface area contributed by atoms with E-state index < -0.39 is 5.92 Å². The molecule has 178 valence electrons. The smallest absolute Gasteiger partial charge is 0.246 e. The van der Waals surface area contributed by atoms with Crippen LogP contribution in [0.2, 0.25) is 0 Å². The lowest BCUT2D eigenvalue weighted by Gasteiger charge is -2.23. The zero-order chi connectivity index (χ0) is 24.9. The average Bonchev–Trinajstić information content (AvgIpc) is 3.21. The number of nitrogens with zero attached hydrogens (tertiary/aromatic N) is 3. The van der Waals surface area contributed by atoms with Gasteiger partial charge < -0.3 is 15.1 Å². The zero-order valence-electron chi connectivity index (χ0n) is 20.1. The third-order valence-corrected chi connectivity index (χ3v) is 6.15. The summed E-state index contributed by atoms with van der Waals surface area (Å²) >= 11 is 0. The number of aliphatic imine (C=N–C) groups is 1. The van der Waals surface area contributed by atoms with Crippen molar-refractivity contribution in [3.05, 3.63) is 90.0 Å². The molecule has 0 fully saturated rings. The van der Waals surface area contributed by atoms with Gasteiger partial charge >= 0.3 is 0 Å². The second kappa shape index (κ2) is 10.3. The lowest BCUT2D eigenvalue weighted by molar-refractivity contribution is -0.133. The van der Waals surface area contributed by atoms with E-state index in [2.05, 4.69) is 5.32 Å². The molecule has 0 saturated heterocycles. The Bertz CT molecular complexity index is 1270. The molecule has 7 nitrogen and oxygen atoms in total. The van der Waals surface area contributed by atoms with E-state index in [-0.39, 0.29) is 24.3 Å². The fourth-order valence-electron chi connectivity index (χ4n) is 4.13. The summed E-state index contributed by atoms with van der Waals surface area (Å²) in [6, 6.07) is 24.6. The lowest BCUT2D eigenvalue weighted by atomic mass is 9.90. The van der Waals surface area contributed by atoms with Crippen molar-refractivity contribution < 1.29 is 14.4 Å². The van der Waals surface area contributed by atoms with Gasteiger partial charge in [-0.25, -0.2) is 0 Å². The number of likely N-dealkylation sites (N-methyl/N-ethyl adjacent to an activating group) is 2. The number of carbonyl (C=O) groups is 3. The van der Waals surface area contributed by atoms with Crippen LogP contribution in [0, 0.1) is 0 Å². The van der Waals surface area contributed by atoms with Crippen molar-refractivity contribution in [3.63, 3.8) is 0 Å². The van der Waals surface area contributed by atoms with E-state index in [4.69, 9.17) is 4.99 Å². The first-order valence-corrected chi connectivity index (χ1v) is 11.5. The molecule has 1 unspecified atom stereocenters. The third-order valence-electron chi connectivity index (χ3n) is 6.15. The Morgan fingerprint density at radius 1 is 0.943 bits per heavy atom. The molecule has 1 heterocycles. The number of fused-ring (bicyclic) bond motifs is 1. The Labute approximate surface area is 205 Å². The number of amides is 3. The van der Waals surface area contributed by atoms with Gasteiger partial charge in [0.25, 0.3) is 0 Å². The van der Waals surface area contributed by atoms with Crippen molar-refractivity contribution in [3.8, 4) is 0 Å². The van der Waals surface area contributed by atoms with Crippen LogP contribution in [0.4, 0.5) is 17.1 Å². The molecule has 1 atom stereocenters. The molecular weight excluding hydrogens is 440 g/mol. The number of nitrogens with one attached hydrogen (secondary N) is 1. The summed E-state index contributed by atoms with van der Waals surface area (Å²) in [5.74, 6) is -0.946. The van der Waals surface area contributed by atoms with Crippen LogP contribution in [0.3, 0.4) is 0 Å². The first-order valence-electron chi connectivity index (χ1n) is 11.5. The molecule has 7 heteroatoms. The number of para-hydroxylation sites is 1. The molecule has 4 rings (SSSR count). The Morgan fingerprint density at radius 2 is 1.60 bits per heavy atom. The van der Waals surface area contributed by atoms with E-state index in [9.17, 15) is 14.4 Å². The zero-order valence-corrected chi connectivity index (χ0v) is 20.1. The van der Waals surface area contributed by atoms with Crippen LogP contribution in [-0.4, -0.2) is 48.5 Å². The van der Waals surface area contributed by atoms with Crippen LogP contribution in [0.15, 0.2) is 83.9 Å². The van der Waals surface area contributed by atoms with Crippen LogP contribution in [-0.2, 0) is 14.4 Å². The Hall–Kier alpha value is -4.26. The van der Waals surface area contributed by atoms with Gasteiger partial charge in [-0.1, -0.05) is 48.5 Å².